The Morgan fingerprint density at radius 3 is 2.82 bits per heavy atom. The van der Waals surface area contributed by atoms with Crippen molar-refractivity contribution in [1.29, 1.82) is 0 Å². The summed E-state index contributed by atoms with van der Waals surface area (Å²) in [4.78, 5) is 24.1. The Morgan fingerprint density at radius 2 is 2.18 bits per heavy atom. The maximum absolute atomic E-state index is 11.5. The minimum Gasteiger partial charge on any atom is -0.396 e. The van der Waals surface area contributed by atoms with Gasteiger partial charge >= 0.3 is 0 Å². The number of nitrogens with zero attached hydrogens (tertiary/aromatic N) is 1. The molecule has 1 saturated heterocycles. The molecule has 0 aromatic rings. The van der Waals surface area contributed by atoms with Crippen molar-refractivity contribution in [2.45, 2.75) is 26.2 Å². The van der Waals surface area contributed by atoms with Gasteiger partial charge in [-0.05, 0) is 31.7 Å². The van der Waals surface area contributed by atoms with Crippen molar-refractivity contribution in [3.63, 3.8) is 0 Å². The first-order valence-electron chi connectivity index (χ1n) is 6.00. The van der Waals surface area contributed by atoms with Crippen LogP contribution in [0.25, 0.3) is 0 Å². The highest BCUT2D eigenvalue weighted by Gasteiger charge is 2.21. The van der Waals surface area contributed by atoms with Gasteiger partial charge in [0.25, 0.3) is 5.91 Å². The second kappa shape index (κ2) is 7.24. The summed E-state index contributed by atoms with van der Waals surface area (Å²) in [5, 5.41) is 8.89. The van der Waals surface area contributed by atoms with Crippen LogP contribution >= 0.6 is 0 Å². The molecule has 1 fully saturated rings. The summed E-state index contributed by atoms with van der Waals surface area (Å²) in [6.07, 6.45) is 2.96. The highest BCUT2D eigenvalue weighted by molar-refractivity contribution is 5.81. The number of rotatable bonds is 4. The Hall–Kier alpha value is -1.14. The molecule has 0 saturated carbocycles. The van der Waals surface area contributed by atoms with Crippen LogP contribution in [0.4, 0.5) is 0 Å². The molecule has 17 heavy (non-hydrogen) atoms. The first-order chi connectivity index (χ1) is 8.11. The SMILES string of the molecule is CC(=O)NNC(=O)CN1CCCC(CCO)C1. The van der Waals surface area contributed by atoms with Crippen molar-refractivity contribution in [3.8, 4) is 0 Å². The van der Waals surface area contributed by atoms with E-state index in [9.17, 15) is 9.59 Å². The van der Waals surface area contributed by atoms with Gasteiger partial charge in [0.1, 0.15) is 0 Å². The number of piperidine rings is 1. The second-order valence-corrected chi connectivity index (χ2v) is 4.49. The monoisotopic (exact) mass is 243 g/mol. The normalized spacial score (nSPS) is 20.9. The number of amides is 2. The van der Waals surface area contributed by atoms with Gasteiger partial charge in [-0.25, -0.2) is 0 Å². The minimum atomic E-state index is -0.282. The Kier molecular flexibility index (Phi) is 5.93. The zero-order valence-corrected chi connectivity index (χ0v) is 10.2. The van der Waals surface area contributed by atoms with Crippen molar-refractivity contribution < 1.29 is 14.7 Å². The van der Waals surface area contributed by atoms with E-state index < -0.39 is 0 Å². The number of hydrazine groups is 1. The molecule has 0 spiro atoms. The number of nitrogens with one attached hydrogen (secondary N) is 2. The number of hydrogen-bond donors (Lipinski definition) is 3. The van der Waals surface area contributed by atoms with Gasteiger partial charge in [0.05, 0.1) is 6.54 Å². The van der Waals surface area contributed by atoms with E-state index in [1.165, 1.54) is 6.92 Å². The van der Waals surface area contributed by atoms with E-state index in [-0.39, 0.29) is 18.4 Å². The molecule has 0 aromatic heterocycles. The summed E-state index contributed by atoms with van der Waals surface area (Å²) in [5.74, 6) is -0.0117. The van der Waals surface area contributed by atoms with Crippen LogP contribution in [-0.4, -0.2) is 48.1 Å². The van der Waals surface area contributed by atoms with Crippen molar-refractivity contribution in [2.24, 2.45) is 5.92 Å². The van der Waals surface area contributed by atoms with Crippen molar-refractivity contribution >= 4 is 11.8 Å². The molecule has 1 atom stereocenters. The van der Waals surface area contributed by atoms with Crippen LogP contribution in [0, 0.1) is 5.92 Å². The van der Waals surface area contributed by atoms with Crippen LogP contribution in [-0.2, 0) is 9.59 Å². The van der Waals surface area contributed by atoms with Crippen LogP contribution in [0.15, 0.2) is 0 Å². The average Bonchev–Trinajstić information content (AvgIpc) is 2.27. The molecule has 3 N–H and O–H groups in total. The number of likely N-dealkylation sites (tertiary alicyclic amines) is 1. The van der Waals surface area contributed by atoms with Crippen molar-refractivity contribution in [1.82, 2.24) is 15.8 Å². The van der Waals surface area contributed by atoms with Crippen LogP contribution in [0.1, 0.15) is 26.2 Å². The van der Waals surface area contributed by atoms with E-state index >= 15 is 0 Å². The quantitative estimate of drug-likeness (QED) is 0.567. The van der Waals surface area contributed by atoms with Gasteiger partial charge in [-0.15, -0.1) is 0 Å². The Morgan fingerprint density at radius 1 is 1.41 bits per heavy atom. The first kappa shape index (κ1) is 13.9. The summed E-state index contributed by atoms with van der Waals surface area (Å²) in [6.45, 7) is 3.58. The number of aliphatic hydroxyl groups is 1. The molecule has 1 aliphatic heterocycles. The Bertz CT molecular complexity index is 269. The minimum absolute atomic E-state index is 0.204. The third-order valence-electron chi connectivity index (χ3n) is 2.89. The molecule has 6 heteroatoms. The van der Waals surface area contributed by atoms with Crippen molar-refractivity contribution in [2.75, 3.05) is 26.2 Å². The average molecular weight is 243 g/mol. The fourth-order valence-electron chi connectivity index (χ4n) is 2.11. The lowest BCUT2D eigenvalue weighted by Gasteiger charge is -2.31. The Labute approximate surface area is 101 Å². The molecular formula is C11H21N3O3. The summed E-state index contributed by atoms with van der Waals surface area (Å²) >= 11 is 0. The largest absolute Gasteiger partial charge is 0.396 e. The standard InChI is InChI=1S/C11H21N3O3/c1-9(16)12-13-11(17)8-14-5-2-3-10(7-14)4-6-15/h10,15H,2-8H2,1H3,(H,12,16)(H,13,17). The Balaban J connectivity index is 2.25. The number of hydrogen-bond acceptors (Lipinski definition) is 4. The third kappa shape index (κ3) is 5.65. The predicted molar refractivity (Wildman–Crippen MR) is 62.8 cm³/mol. The smallest absolute Gasteiger partial charge is 0.252 e. The second-order valence-electron chi connectivity index (χ2n) is 4.49. The van der Waals surface area contributed by atoms with Crippen molar-refractivity contribution in [3.05, 3.63) is 0 Å². The molecule has 1 heterocycles. The van der Waals surface area contributed by atoms with Gasteiger partial charge in [0, 0.05) is 20.1 Å². The van der Waals surface area contributed by atoms with E-state index in [1.54, 1.807) is 0 Å². The van der Waals surface area contributed by atoms with Gasteiger partial charge in [0.2, 0.25) is 5.91 Å². The molecular weight excluding hydrogens is 222 g/mol. The number of aliphatic hydroxyl groups excluding tert-OH is 1. The molecule has 2 amide bonds. The maximum Gasteiger partial charge on any atom is 0.252 e. The molecule has 0 bridgehead atoms. The molecule has 1 unspecified atom stereocenters. The molecule has 0 aromatic carbocycles. The fraction of sp³-hybridized carbons (Fsp3) is 0.818. The van der Waals surface area contributed by atoms with E-state index in [1.807, 2.05) is 0 Å². The van der Waals surface area contributed by atoms with Gasteiger partial charge in [-0.3, -0.25) is 25.3 Å². The van der Waals surface area contributed by atoms with E-state index in [2.05, 4.69) is 15.8 Å². The van der Waals surface area contributed by atoms with Gasteiger partial charge in [0.15, 0.2) is 0 Å². The molecule has 6 nitrogen and oxygen atoms in total. The van der Waals surface area contributed by atoms with E-state index in [0.29, 0.717) is 12.5 Å². The lowest BCUT2D eigenvalue weighted by Crippen LogP contribution is -2.47. The molecule has 1 aliphatic rings. The summed E-state index contributed by atoms with van der Waals surface area (Å²) in [6, 6.07) is 0. The molecule has 0 aliphatic carbocycles. The fourth-order valence-corrected chi connectivity index (χ4v) is 2.11. The predicted octanol–water partition coefficient (Wildman–Crippen LogP) is -0.752. The van der Waals surface area contributed by atoms with E-state index in [0.717, 1.165) is 32.4 Å². The molecule has 0 radical (unpaired) electrons. The molecule has 98 valence electrons. The maximum atomic E-state index is 11.5. The molecule has 1 rings (SSSR count). The van der Waals surface area contributed by atoms with E-state index in [4.69, 9.17) is 5.11 Å². The third-order valence-corrected chi connectivity index (χ3v) is 2.89. The first-order valence-corrected chi connectivity index (χ1v) is 6.00. The zero-order chi connectivity index (χ0) is 12.7. The lowest BCUT2D eigenvalue weighted by atomic mass is 9.95. The lowest BCUT2D eigenvalue weighted by molar-refractivity contribution is -0.128. The van der Waals surface area contributed by atoms with Crippen LogP contribution < -0.4 is 10.9 Å². The van der Waals surface area contributed by atoms with Gasteiger partial charge in [-0.1, -0.05) is 0 Å². The topological polar surface area (TPSA) is 81.7 Å². The zero-order valence-electron chi connectivity index (χ0n) is 10.2. The number of carbonyl (C=O) groups excluding carboxylic acids is 2. The van der Waals surface area contributed by atoms with Gasteiger partial charge < -0.3 is 5.11 Å². The summed E-state index contributed by atoms with van der Waals surface area (Å²) in [7, 11) is 0. The highest BCUT2D eigenvalue weighted by Crippen LogP contribution is 2.18. The van der Waals surface area contributed by atoms with Crippen LogP contribution in [0.3, 0.4) is 0 Å². The van der Waals surface area contributed by atoms with Crippen LogP contribution in [0.5, 0.6) is 0 Å². The van der Waals surface area contributed by atoms with Crippen LogP contribution in [0.2, 0.25) is 0 Å². The summed E-state index contributed by atoms with van der Waals surface area (Å²) in [5.41, 5.74) is 4.61. The van der Waals surface area contributed by atoms with Gasteiger partial charge in [-0.2, -0.15) is 0 Å². The number of carbonyl (C=O) groups is 2. The highest BCUT2D eigenvalue weighted by atomic mass is 16.3. The summed E-state index contributed by atoms with van der Waals surface area (Å²) < 4.78 is 0.